The fraction of sp³-hybridized carbons (Fsp3) is 0. The van der Waals surface area contributed by atoms with Crippen molar-refractivity contribution in [1.82, 2.24) is 0 Å². The first-order chi connectivity index (χ1) is 7.18. The summed E-state index contributed by atoms with van der Waals surface area (Å²) in [4.78, 5) is 14.9. The van der Waals surface area contributed by atoms with Gasteiger partial charge in [0.1, 0.15) is 0 Å². The van der Waals surface area contributed by atoms with Crippen molar-refractivity contribution in [3.05, 3.63) is 36.3 Å². The van der Waals surface area contributed by atoms with E-state index >= 15 is 0 Å². The standard InChI is InChI=1S/C10H9N3O2/c11-10(12)13-9(14)8-7-4-2-1-3-6(7)5-15-8/h1-5H,(H4,11,12,13,14). The highest BCUT2D eigenvalue weighted by Crippen LogP contribution is 2.21. The van der Waals surface area contributed by atoms with E-state index in [1.54, 1.807) is 6.07 Å². The van der Waals surface area contributed by atoms with Gasteiger partial charge in [-0.3, -0.25) is 4.79 Å². The highest BCUT2D eigenvalue weighted by Gasteiger charge is 2.13. The van der Waals surface area contributed by atoms with E-state index < -0.39 is 5.91 Å². The smallest absolute Gasteiger partial charge is 0.316 e. The summed E-state index contributed by atoms with van der Waals surface area (Å²) in [6, 6.07) is 7.27. The van der Waals surface area contributed by atoms with Crippen molar-refractivity contribution in [2.24, 2.45) is 16.5 Å². The SMILES string of the molecule is NC(N)=NC(=O)c1occ2ccccc12. The summed E-state index contributed by atoms with van der Waals surface area (Å²) in [6.07, 6.45) is 1.49. The number of benzene rings is 1. The van der Waals surface area contributed by atoms with Gasteiger partial charge in [0.25, 0.3) is 0 Å². The molecule has 4 N–H and O–H groups in total. The Hall–Kier alpha value is -2.30. The topological polar surface area (TPSA) is 94.6 Å². The zero-order valence-corrected chi connectivity index (χ0v) is 7.81. The summed E-state index contributed by atoms with van der Waals surface area (Å²) < 4.78 is 5.11. The number of guanidine groups is 1. The average Bonchev–Trinajstić information content (AvgIpc) is 2.59. The molecule has 0 atom stereocenters. The number of fused-ring (bicyclic) bond motifs is 1. The van der Waals surface area contributed by atoms with Crippen molar-refractivity contribution in [3.8, 4) is 0 Å². The van der Waals surface area contributed by atoms with Gasteiger partial charge in [-0.1, -0.05) is 24.3 Å². The lowest BCUT2D eigenvalue weighted by Gasteiger charge is -1.92. The van der Waals surface area contributed by atoms with Gasteiger partial charge < -0.3 is 15.9 Å². The Labute approximate surface area is 85.4 Å². The third kappa shape index (κ3) is 1.67. The predicted octanol–water partition coefficient (Wildman–Crippen LogP) is 0.846. The molecule has 0 spiro atoms. The monoisotopic (exact) mass is 203 g/mol. The number of rotatable bonds is 1. The minimum atomic E-state index is -0.573. The van der Waals surface area contributed by atoms with Crippen molar-refractivity contribution in [2.45, 2.75) is 0 Å². The third-order valence-corrected chi connectivity index (χ3v) is 1.93. The van der Waals surface area contributed by atoms with Gasteiger partial charge in [0, 0.05) is 10.8 Å². The molecule has 0 unspecified atom stereocenters. The molecule has 0 aliphatic rings. The van der Waals surface area contributed by atoms with Gasteiger partial charge in [-0.15, -0.1) is 0 Å². The van der Waals surface area contributed by atoms with Crippen LogP contribution in [-0.2, 0) is 0 Å². The fourth-order valence-electron chi connectivity index (χ4n) is 1.33. The van der Waals surface area contributed by atoms with E-state index in [-0.39, 0.29) is 11.7 Å². The van der Waals surface area contributed by atoms with Crippen LogP contribution < -0.4 is 11.5 Å². The quantitative estimate of drug-likeness (QED) is 0.530. The lowest BCUT2D eigenvalue weighted by atomic mass is 10.2. The normalized spacial score (nSPS) is 10.1. The molecule has 0 bridgehead atoms. The minimum Gasteiger partial charge on any atom is -0.458 e. The van der Waals surface area contributed by atoms with E-state index in [4.69, 9.17) is 15.9 Å². The molecule has 1 aromatic heterocycles. The maximum Gasteiger partial charge on any atom is 0.316 e. The second-order valence-corrected chi connectivity index (χ2v) is 2.99. The van der Waals surface area contributed by atoms with Gasteiger partial charge in [-0.25, -0.2) is 0 Å². The zero-order chi connectivity index (χ0) is 10.8. The van der Waals surface area contributed by atoms with E-state index in [1.807, 2.05) is 18.2 Å². The van der Waals surface area contributed by atoms with Gasteiger partial charge in [0.2, 0.25) is 5.76 Å². The van der Waals surface area contributed by atoms with Crippen LogP contribution in [-0.4, -0.2) is 11.9 Å². The van der Waals surface area contributed by atoms with Crippen LogP contribution in [0.25, 0.3) is 10.8 Å². The molecule has 76 valence electrons. The first-order valence-electron chi connectivity index (χ1n) is 4.28. The number of hydrogen-bond donors (Lipinski definition) is 2. The van der Waals surface area contributed by atoms with Crippen LogP contribution in [0.2, 0.25) is 0 Å². The highest BCUT2D eigenvalue weighted by atomic mass is 16.3. The van der Waals surface area contributed by atoms with E-state index in [0.717, 1.165) is 5.39 Å². The van der Waals surface area contributed by atoms with Crippen molar-refractivity contribution in [3.63, 3.8) is 0 Å². The Bertz CT molecular complexity index is 538. The molecule has 1 amide bonds. The number of nitrogens with two attached hydrogens (primary N) is 2. The lowest BCUT2D eigenvalue weighted by Crippen LogP contribution is -2.24. The molecule has 5 nitrogen and oxygen atoms in total. The van der Waals surface area contributed by atoms with Crippen molar-refractivity contribution >= 4 is 22.6 Å². The van der Waals surface area contributed by atoms with Crippen LogP contribution >= 0.6 is 0 Å². The molecule has 0 aliphatic carbocycles. The molecule has 0 aliphatic heterocycles. The molecule has 0 radical (unpaired) electrons. The number of carbonyl (C=O) groups is 1. The largest absolute Gasteiger partial charge is 0.458 e. The second kappa shape index (κ2) is 3.45. The second-order valence-electron chi connectivity index (χ2n) is 2.99. The molecule has 1 heterocycles. The molecular formula is C10H9N3O2. The molecule has 2 rings (SSSR count). The summed E-state index contributed by atoms with van der Waals surface area (Å²) in [5.74, 6) is -0.698. The summed E-state index contributed by atoms with van der Waals surface area (Å²) >= 11 is 0. The molecule has 5 heteroatoms. The zero-order valence-electron chi connectivity index (χ0n) is 7.81. The molecule has 0 saturated heterocycles. The number of aliphatic imine (C=N–C) groups is 1. The maximum atomic E-state index is 11.5. The van der Waals surface area contributed by atoms with Crippen LogP contribution in [0.5, 0.6) is 0 Å². The summed E-state index contributed by atoms with van der Waals surface area (Å²) in [5.41, 5.74) is 10.2. The number of furan rings is 1. The predicted molar refractivity (Wildman–Crippen MR) is 56.4 cm³/mol. The van der Waals surface area contributed by atoms with Crippen molar-refractivity contribution < 1.29 is 9.21 Å². The van der Waals surface area contributed by atoms with Crippen LogP contribution in [0.3, 0.4) is 0 Å². The number of amides is 1. The molecule has 1 aromatic carbocycles. The Morgan fingerprint density at radius 3 is 2.73 bits per heavy atom. The van der Waals surface area contributed by atoms with Crippen LogP contribution in [0.4, 0.5) is 0 Å². The Balaban J connectivity index is 2.53. The molecule has 15 heavy (non-hydrogen) atoms. The van der Waals surface area contributed by atoms with Crippen molar-refractivity contribution in [2.75, 3.05) is 0 Å². The van der Waals surface area contributed by atoms with Gasteiger partial charge in [0.05, 0.1) is 6.26 Å². The Morgan fingerprint density at radius 2 is 2.00 bits per heavy atom. The Kier molecular flexibility index (Phi) is 2.13. The van der Waals surface area contributed by atoms with Gasteiger partial charge in [-0.05, 0) is 0 Å². The molecule has 2 aromatic rings. The first kappa shape index (κ1) is 9.26. The fourth-order valence-corrected chi connectivity index (χ4v) is 1.33. The highest BCUT2D eigenvalue weighted by molar-refractivity contribution is 6.08. The maximum absolute atomic E-state index is 11.5. The molecule has 0 saturated carbocycles. The summed E-state index contributed by atoms with van der Waals surface area (Å²) in [5, 5.41) is 1.54. The molecule has 0 fully saturated rings. The third-order valence-electron chi connectivity index (χ3n) is 1.93. The average molecular weight is 203 g/mol. The number of hydrogen-bond acceptors (Lipinski definition) is 2. The van der Waals surface area contributed by atoms with E-state index in [0.29, 0.717) is 5.39 Å². The number of carbonyl (C=O) groups excluding carboxylic acids is 1. The van der Waals surface area contributed by atoms with Gasteiger partial charge in [0.15, 0.2) is 5.96 Å². The number of nitrogens with zero attached hydrogens (tertiary/aromatic N) is 1. The molecular weight excluding hydrogens is 194 g/mol. The summed E-state index contributed by atoms with van der Waals surface area (Å²) in [6.45, 7) is 0. The van der Waals surface area contributed by atoms with E-state index in [2.05, 4.69) is 4.99 Å². The minimum absolute atomic E-state index is 0.152. The Morgan fingerprint density at radius 1 is 1.27 bits per heavy atom. The van der Waals surface area contributed by atoms with Crippen LogP contribution in [0.15, 0.2) is 39.9 Å². The van der Waals surface area contributed by atoms with E-state index in [9.17, 15) is 4.79 Å². The first-order valence-corrected chi connectivity index (χ1v) is 4.28. The van der Waals surface area contributed by atoms with Crippen LogP contribution in [0, 0.1) is 0 Å². The summed E-state index contributed by atoms with van der Waals surface area (Å²) in [7, 11) is 0. The van der Waals surface area contributed by atoms with Crippen molar-refractivity contribution in [1.29, 1.82) is 0 Å². The lowest BCUT2D eigenvalue weighted by molar-refractivity contribution is 0.0978. The van der Waals surface area contributed by atoms with E-state index in [1.165, 1.54) is 6.26 Å². The van der Waals surface area contributed by atoms with Crippen LogP contribution in [0.1, 0.15) is 10.6 Å². The van der Waals surface area contributed by atoms with Gasteiger partial charge in [-0.2, -0.15) is 4.99 Å². The van der Waals surface area contributed by atoms with Gasteiger partial charge >= 0.3 is 5.91 Å².